The molecule has 7 heteroatoms. The summed E-state index contributed by atoms with van der Waals surface area (Å²) in [7, 11) is 1.50. The van der Waals surface area contributed by atoms with Crippen molar-refractivity contribution in [2.45, 2.75) is 6.61 Å². The van der Waals surface area contributed by atoms with E-state index in [-0.39, 0.29) is 11.5 Å². The number of benzene rings is 1. The molecule has 0 aliphatic rings. The van der Waals surface area contributed by atoms with Crippen molar-refractivity contribution in [3.63, 3.8) is 0 Å². The summed E-state index contributed by atoms with van der Waals surface area (Å²) in [6.07, 6.45) is 0. The SMILES string of the molecule is COCc1nc(-c2ccc(Br)c(Cl)c2)sc1C(=O)O. The standard InChI is InChI=1S/C12H9BrClNO3S/c1-18-5-9-10(12(16)17)19-11(15-9)6-2-3-7(13)8(14)4-6/h2-4H,5H2,1H3,(H,16,17). The van der Waals surface area contributed by atoms with Crippen molar-refractivity contribution in [1.82, 2.24) is 4.98 Å². The van der Waals surface area contributed by atoms with Crippen LogP contribution in [0.1, 0.15) is 15.4 Å². The van der Waals surface area contributed by atoms with Gasteiger partial charge in [0, 0.05) is 17.1 Å². The molecule has 0 saturated carbocycles. The molecule has 4 nitrogen and oxygen atoms in total. The fourth-order valence-corrected chi connectivity index (χ4v) is 2.84. The molecule has 0 spiro atoms. The number of hydrogen-bond donors (Lipinski definition) is 1. The Bertz CT molecular complexity index is 629. The van der Waals surface area contributed by atoms with Gasteiger partial charge in [-0.2, -0.15) is 0 Å². The molecule has 0 bridgehead atoms. The molecule has 0 unspecified atom stereocenters. The third-order valence-electron chi connectivity index (χ3n) is 2.34. The van der Waals surface area contributed by atoms with Crippen LogP contribution < -0.4 is 0 Å². The van der Waals surface area contributed by atoms with Gasteiger partial charge >= 0.3 is 5.97 Å². The topological polar surface area (TPSA) is 59.4 Å². The zero-order valence-corrected chi connectivity index (χ0v) is 13.0. The van der Waals surface area contributed by atoms with Gasteiger partial charge in [0.2, 0.25) is 0 Å². The van der Waals surface area contributed by atoms with Gasteiger partial charge in [0.05, 0.1) is 17.3 Å². The fourth-order valence-electron chi connectivity index (χ4n) is 1.51. The molecule has 0 atom stereocenters. The van der Waals surface area contributed by atoms with E-state index in [4.69, 9.17) is 21.4 Å². The first kappa shape index (κ1) is 14.5. The lowest BCUT2D eigenvalue weighted by Crippen LogP contribution is -1.99. The molecular weight excluding hydrogens is 354 g/mol. The van der Waals surface area contributed by atoms with E-state index >= 15 is 0 Å². The molecule has 0 aliphatic carbocycles. The van der Waals surface area contributed by atoms with Crippen LogP contribution in [0, 0.1) is 0 Å². The number of carboxylic acids is 1. The second-order valence-corrected chi connectivity index (χ2v) is 5.92. The Morgan fingerprint density at radius 1 is 1.58 bits per heavy atom. The van der Waals surface area contributed by atoms with Crippen molar-refractivity contribution < 1.29 is 14.6 Å². The number of hydrogen-bond acceptors (Lipinski definition) is 4. The zero-order valence-electron chi connectivity index (χ0n) is 9.81. The van der Waals surface area contributed by atoms with Gasteiger partial charge in [-0.15, -0.1) is 11.3 Å². The van der Waals surface area contributed by atoms with E-state index in [0.717, 1.165) is 21.4 Å². The van der Waals surface area contributed by atoms with Gasteiger partial charge in [-0.1, -0.05) is 17.7 Å². The van der Waals surface area contributed by atoms with Crippen molar-refractivity contribution in [3.8, 4) is 10.6 Å². The molecule has 0 fully saturated rings. The summed E-state index contributed by atoms with van der Waals surface area (Å²) >= 11 is 10.4. The fraction of sp³-hybridized carbons (Fsp3) is 0.167. The Labute approximate surface area is 127 Å². The van der Waals surface area contributed by atoms with Gasteiger partial charge in [0.15, 0.2) is 0 Å². The number of carbonyl (C=O) groups is 1. The number of ether oxygens (including phenoxy) is 1. The summed E-state index contributed by atoms with van der Waals surface area (Å²) in [5.41, 5.74) is 1.21. The summed E-state index contributed by atoms with van der Waals surface area (Å²) in [4.78, 5) is 15.6. The maximum atomic E-state index is 11.1. The third-order valence-corrected chi connectivity index (χ3v) is 4.71. The molecule has 1 heterocycles. The number of rotatable bonds is 4. The van der Waals surface area contributed by atoms with E-state index in [1.54, 1.807) is 12.1 Å². The Balaban J connectivity index is 2.47. The van der Waals surface area contributed by atoms with Crippen LogP contribution in [0.3, 0.4) is 0 Å². The normalized spacial score (nSPS) is 10.7. The summed E-state index contributed by atoms with van der Waals surface area (Å²) in [6, 6.07) is 5.37. The molecule has 2 rings (SSSR count). The van der Waals surface area contributed by atoms with Crippen LogP contribution in [-0.2, 0) is 11.3 Å². The minimum absolute atomic E-state index is 0.169. The summed E-state index contributed by atoms with van der Waals surface area (Å²) in [5, 5.41) is 10.3. The Morgan fingerprint density at radius 3 is 2.89 bits per heavy atom. The average Bonchev–Trinajstić information content (AvgIpc) is 2.77. The van der Waals surface area contributed by atoms with E-state index in [1.807, 2.05) is 6.07 Å². The molecule has 1 N–H and O–H groups in total. The second kappa shape index (κ2) is 6.00. The van der Waals surface area contributed by atoms with Gasteiger partial charge in [0.25, 0.3) is 0 Å². The highest BCUT2D eigenvalue weighted by Gasteiger charge is 2.18. The Morgan fingerprint density at radius 2 is 2.32 bits per heavy atom. The van der Waals surface area contributed by atoms with Crippen molar-refractivity contribution in [1.29, 1.82) is 0 Å². The minimum atomic E-state index is -1.00. The molecule has 100 valence electrons. The molecule has 0 amide bonds. The predicted octanol–water partition coefficient (Wildman–Crippen LogP) is 4.07. The first-order valence-corrected chi connectivity index (χ1v) is 7.19. The lowest BCUT2D eigenvalue weighted by molar-refractivity contribution is 0.0697. The maximum Gasteiger partial charge on any atom is 0.347 e. The number of halogens is 2. The quantitative estimate of drug-likeness (QED) is 0.890. The monoisotopic (exact) mass is 361 g/mol. The Kier molecular flexibility index (Phi) is 4.57. The van der Waals surface area contributed by atoms with E-state index in [0.29, 0.717) is 15.7 Å². The van der Waals surface area contributed by atoms with E-state index < -0.39 is 5.97 Å². The Hall–Kier alpha value is -0.950. The van der Waals surface area contributed by atoms with Crippen LogP contribution in [0.4, 0.5) is 0 Å². The number of aromatic carboxylic acids is 1. The number of methoxy groups -OCH3 is 1. The van der Waals surface area contributed by atoms with Crippen LogP contribution >= 0.6 is 38.9 Å². The van der Waals surface area contributed by atoms with Gasteiger partial charge in [-0.3, -0.25) is 0 Å². The largest absolute Gasteiger partial charge is 0.477 e. The van der Waals surface area contributed by atoms with Crippen molar-refractivity contribution in [2.75, 3.05) is 7.11 Å². The lowest BCUT2D eigenvalue weighted by Gasteiger charge is -1.99. The van der Waals surface area contributed by atoms with Gasteiger partial charge in [-0.05, 0) is 28.1 Å². The van der Waals surface area contributed by atoms with Crippen molar-refractivity contribution in [2.24, 2.45) is 0 Å². The van der Waals surface area contributed by atoms with Crippen molar-refractivity contribution >= 4 is 44.8 Å². The van der Waals surface area contributed by atoms with Gasteiger partial charge in [0.1, 0.15) is 9.88 Å². The number of carboxylic acid groups (broad SMARTS) is 1. The molecule has 2 aromatic rings. The summed E-state index contributed by atoms with van der Waals surface area (Å²) in [6.45, 7) is 0.169. The highest BCUT2D eigenvalue weighted by molar-refractivity contribution is 9.10. The summed E-state index contributed by atoms with van der Waals surface area (Å²) < 4.78 is 5.74. The molecular formula is C12H9BrClNO3S. The first-order chi connectivity index (χ1) is 9.02. The predicted molar refractivity (Wildman–Crippen MR) is 77.9 cm³/mol. The highest BCUT2D eigenvalue weighted by Crippen LogP contribution is 2.32. The van der Waals surface area contributed by atoms with E-state index in [2.05, 4.69) is 20.9 Å². The minimum Gasteiger partial charge on any atom is -0.477 e. The zero-order chi connectivity index (χ0) is 14.0. The first-order valence-electron chi connectivity index (χ1n) is 5.20. The molecule has 0 aliphatic heterocycles. The molecule has 19 heavy (non-hydrogen) atoms. The molecule has 0 radical (unpaired) electrons. The molecule has 0 saturated heterocycles. The number of aromatic nitrogens is 1. The van der Waals surface area contributed by atoms with Gasteiger partial charge in [-0.25, -0.2) is 9.78 Å². The van der Waals surface area contributed by atoms with Gasteiger partial charge < -0.3 is 9.84 Å². The van der Waals surface area contributed by atoms with E-state index in [1.165, 1.54) is 7.11 Å². The van der Waals surface area contributed by atoms with Crippen LogP contribution in [0.15, 0.2) is 22.7 Å². The van der Waals surface area contributed by atoms with Crippen LogP contribution in [0.2, 0.25) is 5.02 Å². The van der Waals surface area contributed by atoms with Crippen LogP contribution in [0.5, 0.6) is 0 Å². The van der Waals surface area contributed by atoms with E-state index in [9.17, 15) is 4.79 Å². The maximum absolute atomic E-state index is 11.1. The number of nitrogens with zero attached hydrogens (tertiary/aromatic N) is 1. The third kappa shape index (κ3) is 3.14. The molecule has 1 aromatic carbocycles. The lowest BCUT2D eigenvalue weighted by atomic mass is 10.2. The number of thiazole rings is 1. The smallest absolute Gasteiger partial charge is 0.347 e. The van der Waals surface area contributed by atoms with Crippen molar-refractivity contribution in [3.05, 3.63) is 38.3 Å². The summed E-state index contributed by atoms with van der Waals surface area (Å²) in [5.74, 6) is -1.00. The molecule has 1 aromatic heterocycles. The highest BCUT2D eigenvalue weighted by atomic mass is 79.9. The van der Waals surface area contributed by atoms with Crippen LogP contribution in [0.25, 0.3) is 10.6 Å². The van der Waals surface area contributed by atoms with Crippen LogP contribution in [-0.4, -0.2) is 23.2 Å². The second-order valence-electron chi connectivity index (χ2n) is 3.66. The average molecular weight is 363 g/mol.